The van der Waals surface area contributed by atoms with Crippen LogP contribution in [0.15, 0.2) is 60.7 Å². The van der Waals surface area contributed by atoms with E-state index in [0.717, 1.165) is 16.8 Å². The first-order chi connectivity index (χ1) is 10.9. The van der Waals surface area contributed by atoms with Gasteiger partial charge in [-0.3, -0.25) is 0 Å². The predicted octanol–water partition coefficient (Wildman–Crippen LogP) is 4.87. The summed E-state index contributed by atoms with van der Waals surface area (Å²) in [7, 11) is 8.00. The van der Waals surface area contributed by atoms with Gasteiger partial charge in [-0.25, -0.2) is 0 Å². The number of thioether (sulfide) groups is 2. The van der Waals surface area contributed by atoms with E-state index in [1.54, 1.807) is 0 Å². The smallest absolute Gasteiger partial charge is 0.0187 e. The maximum Gasteiger partial charge on any atom is 0.0187 e. The Hall–Kier alpha value is -0.730. The lowest BCUT2D eigenvalue weighted by Crippen LogP contribution is -2.05. The van der Waals surface area contributed by atoms with Gasteiger partial charge in [0.15, 0.2) is 0 Å². The van der Waals surface area contributed by atoms with Gasteiger partial charge in [0.2, 0.25) is 0 Å². The summed E-state index contributed by atoms with van der Waals surface area (Å²) in [6.07, 6.45) is 1.25. The van der Waals surface area contributed by atoms with Crippen molar-refractivity contribution in [3.8, 4) is 0 Å². The molecular weight excluding hydrogens is 302 g/mol. The van der Waals surface area contributed by atoms with Gasteiger partial charge in [-0.05, 0) is 17.5 Å². The van der Waals surface area contributed by atoms with Crippen LogP contribution in [0.3, 0.4) is 0 Å². The fourth-order valence-electron chi connectivity index (χ4n) is 1.95. The highest BCUT2D eigenvalue weighted by Crippen LogP contribution is 2.25. The van der Waals surface area contributed by atoms with Gasteiger partial charge in [-0.15, -0.1) is 0 Å². The van der Waals surface area contributed by atoms with E-state index >= 15 is 0 Å². The largest absolute Gasteiger partial charge is 0.156 e. The quantitative estimate of drug-likeness (QED) is 0.636. The fourth-order valence-corrected chi connectivity index (χ4v) is 4.53. The van der Waals surface area contributed by atoms with Gasteiger partial charge in [0, 0.05) is 38.0 Å². The third-order valence-corrected chi connectivity index (χ3v) is 6.06. The van der Waals surface area contributed by atoms with Gasteiger partial charge in [-0.2, -0.15) is 23.5 Å². The molecule has 0 N–H and O–H groups in total. The highest BCUT2D eigenvalue weighted by molar-refractivity contribution is 8.02. The van der Waals surface area contributed by atoms with Crippen LogP contribution in [0.4, 0.5) is 0 Å². The van der Waals surface area contributed by atoms with Crippen molar-refractivity contribution in [1.29, 1.82) is 0 Å². The van der Waals surface area contributed by atoms with Gasteiger partial charge in [0.25, 0.3) is 0 Å². The Morgan fingerprint density at radius 3 is 1.82 bits per heavy atom. The van der Waals surface area contributed by atoms with Gasteiger partial charge in [0.05, 0.1) is 0 Å². The third kappa shape index (κ3) is 8.05. The van der Waals surface area contributed by atoms with Gasteiger partial charge < -0.3 is 0 Å². The molecule has 0 fully saturated rings. The summed E-state index contributed by atoms with van der Waals surface area (Å²) in [5.74, 6) is 3.50. The Bertz CT molecular complexity index is 477. The van der Waals surface area contributed by atoms with Crippen molar-refractivity contribution < 1.29 is 0 Å². The summed E-state index contributed by atoms with van der Waals surface area (Å²) in [4.78, 5) is 0. The van der Waals surface area contributed by atoms with Crippen LogP contribution in [-0.4, -0.2) is 26.5 Å². The van der Waals surface area contributed by atoms with Crippen LogP contribution in [0.2, 0.25) is 0 Å². The Kier molecular flexibility index (Phi) is 11.2. The molecule has 4 radical (unpaired) electrons. The molecule has 2 aromatic carbocycles. The van der Waals surface area contributed by atoms with E-state index in [1.807, 2.05) is 0 Å². The van der Waals surface area contributed by atoms with Crippen LogP contribution in [0.5, 0.6) is 0 Å². The Morgan fingerprint density at radius 2 is 1.32 bits per heavy atom. The van der Waals surface area contributed by atoms with Crippen molar-refractivity contribution in [3.63, 3.8) is 0 Å². The molecule has 0 saturated carbocycles. The molecule has 0 amide bonds. The summed E-state index contributed by atoms with van der Waals surface area (Å²) in [5, 5.41) is 0.754. The minimum absolute atomic E-state index is 0.754. The minimum atomic E-state index is 0.754. The molecule has 4 heteroatoms. The molecule has 0 aliphatic heterocycles. The number of benzene rings is 2. The van der Waals surface area contributed by atoms with Crippen LogP contribution in [0.25, 0.3) is 0 Å². The first kappa shape index (κ1) is 19.3. The average Bonchev–Trinajstić information content (AvgIpc) is 2.61. The molecule has 2 rings (SSSR count). The lowest BCUT2D eigenvalue weighted by molar-refractivity contribution is 0.915. The lowest BCUT2D eigenvalue weighted by atomic mass is 9.81. The van der Waals surface area contributed by atoms with Crippen LogP contribution in [0, 0.1) is 0 Å². The van der Waals surface area contributed by atoms with E-state index in [-0.39, 0.29) is 0 Å². The number of hydrogen-bond donors (Lipinski definition) is 0. The van der Waals surface area contributed by atoms with Crippen LogP contribution in [-0.2, 0) is 11.5 Å². The normalized spacial score (nSPS) is 11.3. The molecule has 1 atom stereocenters. The van der Waals surface area contributed by atoms with Crippen molar-refractivity contribution in [2.45, 2.75) is 30.1 Å². The number of rotatable bonds is 8. The molecule has 112 valence electrons. The first-order valence-electron chi connectivity index (χ1n) is 7.49. The molecule has 22 heavy (non-hydrogen) atoms. The molecule has 0 spiro atoms. The average molecular weight is 324 g/mol. The number of hydrogen-bond acceptors (Lipinski definition) is 2. The molecule has 1 unspecified atom stereocenters. The zero-order valence-corrected chi connectivity index (χ0v) is 14.8. The summed E-state index contributed by atoms with van der Waals surface area (Å²) < 4.78 is 0. The van der Waals surface area contributed by atoms with Gasteiger partial charge >= 0.3 is 0 Å². The highest BCUT2D eigenvalue weighted by atomic mass is 32.2. The molecule has 0 bridgehead atoms. The zero-order valence-electron chi connectivity index (χ0n) is 13.2. The predicted molar refractivity (Wildman–Crippen MR) is 106 cm³/mol. The summed E-state index contributed by atoms with van der Waals surface area (Å²) in [6.45, 7) is 2.30. The molecule has 0 nitrogen and oxygen atoms in total. The first-order valence-corrected chi connectivity index (χ1v) is 9.69. The molecule has 0 aliphatic carbocycles. The van der Waals surface area contributed by atoms with E-state index in [0.29, 0.717) is 0 Å². The standard InChI is InChI=1S/C18H22S2.B2/c1-2-18(20-14-17-11-7-4-8-12-17)15-19-13-16-9-5-3-6-10-16;1-2/h3-12,18H,2,13-15H2,1H3;. The van der Waals surface area contributed by atoms with Crippen LogP contribution < -0.4 is 0 Å². The van der Waals surface area contributed by atoms with Crippen molar-refractivity contribution >= 4 is 39.0 Å². The molecule has 0 aliphatic rings. The van der Waals surface area contributed by atoms with E-state index in [4.69, 9.17) is 0 Å². The Morgan fingerprint density at radius 1 is 0.818 bits per heavy atom. The van der Waals surface area contributed by atoms with Crippen molar-refractivity contribution in [2.24, 2.45) is 0 Å². The SMILES string of the molecule is CCC(CSCc1ccccc1)SCc1ccccc1.[B][B]. The van der Waals surface area contributed by atoms with Crippen molar-refractivity contribution in [3.05, 3.63) is 71.8 Å². The van der Waals surface area contributed by atoms with Crippen LogP contribution >= 0.6 is 23.5 Å². The molecule has 2 aromatic rings. The fraction of sp³-hybridized carbons (Fsp3) is 0.333. The second kappa shape index (κ2) is 12.8. The maximum absolute atomic E-state index is 4.00. The minimum Gasteiger partial charge on any atom is -0.156 e. The monoisotopic (exact) mass is 324 g/mol. The topological polar surface area (TPSA) is 0 Å². The molecule has 0 heterocycles. The molecule has 0 aromatic heterocycles. The second-order valence-corrected chi connectivity index (χ2v) is 7.15. The lowest BCUT2D eigenvalue weighted by Gasteiger charge is -2.14. The Labute approximate surface area is 146 Å². The zero-order chi connectivity index (χ0) is 16.0. The summed E-state index contributed by atoms with van der Waals surface area (Å²) >= 11 is 4.14. The van der Waals surface area contributed by atoms with E-state index in [1.165, 1.54) is 23.3 Å². The summed E-state index contributed by atoms with van der Waals surface area (Å²) in [5.41, 5.74) is 2.87. The second-order valence-electron chi connectivity index (χ2n) is 4.83. The van der Waals surface area contributed by atoms with E-state index < -0.39 is 0 Å². The molecular formula is C18H22B2S2. The van der Waals surface area contributed by atoms with Crippen molar-refractivity contribution in [2.75, 3.05) is 5.75 Å². The Balaban J connectivity index is 0.00000116. The van der Waals surface area contributed by atoms with Crippen molar-refractivity contribution in [1.82, 2.24) is 0 Å². The summed E-state index contributed by atoms with van der Waals surface area (Å²) in [6, 6.07) is 21.5. The molecule has 0 saturated heterocycles. The van der Waals surface area contributed by atoms with Crippen LogP contribution in [0.1, 0.15) is 24.5 Å². The van der Waals surface area contributed by atoms with E-state index in [2.05, 4.69) is 107 Å². The van der Waals surface area contributed by atoms with Gasteiger partial charge in [0.1, 0.15) is 0 Å². The highest BCUT2D eigenvalue weighted by Gasteiger charge is 2.07. The third-order valence-electron chi connectivity index (χ3n) is 3.20. The van der Waals surface area contributed by atoms with E-state index in [9.17, 15) is 0 Å². The van der Waals surface area contributed by atoms with Gasteiger partial charge in [-0.1, -0.05) is 67.6 Å². The maximum atomic E-state index is 4.00.